The molecule has 2 rings (SSSR count). The van der Waals surface area contributed by atoms with Gasteiger partial charge in [0.15, 0.2) is 5.69 Å². The maximum absolute atomic E-state index is 12.9. The van der Waals surface area contributed by atoms with E-state index in [0.29, 0.717) is 16.5 Å². The summed E-state index contributed by atoms with van der Waals surface area (Å²) in [6, 6.07) is 5.95. The average Bonchev–Trinajstić information content (AvgIpc) is 2.84. The van der Waals surface area contributed by atoms with Crippen LogP contribution in [0.4, 0.5) is 4.39 Å². The van der Waals surface area contributed by atoms with Crippen molar-refractivity contribution in [1.29, 1.82) is 0 Å². The van der Waals surface area contributed by atoms with Gasteiger partial charge >= 0.3 is 5.97 Å². The van der Waals surface area contributed by atoms with Gasteiger partial charge in [0.25, 0.3) is 0 Å². The van der Waals surface area contributed by atoms with E-state index < -0.39 is 5.97 Å². The first kappa shape index (κ1) is 13.4. The minimum Gasteiger partial charge on any atom is -0.461 e. The van der Waals surface area contributed by atoms with Gasteiger partial charge in [-0.1, -0.05) is 6.58 Å². The van der Waals surface area contributed by atoms with Crippen LogP contribution in [0.25, 0.3) is 16.6 Å². The van der Waals surface area contributed by atoms with E-state index in [0.717, 1.165) is 5.56 Å². The molecular weight excluding hydrogens is 265 g/mol. The average molecular weight is 277 g/mol. The molecule has 0 spiro atoms. The largest absolute Gasteiger partial charge is 0.461 e. The van der Waals surface area contributed by atoms with Crippen molar-refractivity contribution in [2.75, 3.05) is 6.61 Å². The molecule has 19 heavy (non-hydrogen) atoms. The van der Waals surface area contributed by atoms with Crippen molar-refractivity contribution in [2.24, 2.45) is 0 Å². The SMILES string of the molecule is C=Cc1sc(-c2ccc(F)cc2)nc1C(=O)OCC. The number of benzene rings is 1. The predicted molar refractivity (Wildman–Crippen MR) is 73.6 cm³/mol. The normalized spacial score (nSPS) is 10.2. The minimum absolute atomic E-state index is 0.251. The van der Waals surface area contributed by atoms with Crippen LogP contribution >= 0.6 is 11.3 Å². The molecule has 0 saturated heterocycles. The molecule has 0 unspecified atom stereocenters. The number of hydrogen-bond acceptors (Lipinski definition) is 4. The number of carbonyl (C=O) groups is 1. The molecule has 0 aliphatic rings. The Labute approximate surface area is 114 Å². The van der Waals surface area contributed by atoms with E-state index in [1.165, 1.54) is 23.5 Å². The lowest BCUT2D eigenvalue weighted by Crippen LogP contribution is -2.06. The van der Waals surface area contributed by atoms with Crippen molar-refractivity contribution in [3.8, 4) is 10.6 Å². The molecule has 0 radical (unpaired) electrons. The van der Waals surface area contributed by atoms with E-state index in [-0.39, 0.29) is 11.5 Å². The Hall–Kier alpha value is -2.01. The van der Waals surface area contributed by atoms with Crippen molar-refractivity contribution < 1.29 is 13.9 Å². The summed E-state index contributed by atoms with van der Waals surface area (Å²) in [6.45, 7) is 5.68. The standard InChI is InChI=1S/C14H12FNO2S/c1-3-11-12(14(17)18-4-2)16-13(19-11)9-5-7-10(15)8-6-9/h3,5-8H,1,4H2,2H3. The van der Waals surface area contributed by atoms with E-state index >= 15 is 0 Å². The fraction of sp³-hybridized carbons (Fsp3) is 0.143. The smallest absolute Gasteiger partial charge is 0.358 e. The lowest BCUT2D eigenvalue weighted by atomic mass is 10.2. The number of hydrogen-bond donors (Lipinski definition) is 0. The zero-order chi connectivity index (χ0) is 13.8. The summed E-state index contributed by atoms with van der Waals surface area (Å²) in [7, 11) is 0. The number of thiazole rings is 1. The van der Waals surface area contributed by atoms with Gasteiger partial charge in [-0.05, 0) is 37.3 Å². The summed E-state index contributed by atoms with van der Waals surface area (Å²) >= 11 is 1.32. The molecule has 0 saturated carbocycles. The number of esters is 1. The molecule has 5 heteroatoms. The van der Waals surface area contributed by atoms with Crippen LogP contribution in [-0.4, -0.2) is 17.6 Å². The van der Waals surface area contributed by atoms with Gasteiger partial charge in [0.2, 0.25) is 0 Å². The second kappa shape index (κ2) is 5.75. The Morgan fingerprint density at radius 1 is 1.47 bits per heavy atom. The lowest BCUT2D eigenvalue weighted by molar-refractivity contribution is 0.0520. The van der Waals surface area contributed by atoms with E-state index in [1.54, 1.807) is 25.1 Å². The zero-order valence-corrected chi connectivity index (χ0v) is 11.2. The predicted octanol–water partition coefficient (Wildman–Crippen LogP) is 3.77. The first-order valence-corrected chi connectivity index (χ1v) is 6.53. The van der Waals surface area contributed by atoms with Crippen molar-refractivity contribution >= 4 is 23.4 Å². The van der Waals surface area contributed by atoms with E-state index in [1.807, 2.05) is 0 Å². The molecule has 0 aliphatic carbocycles. The second-order valence-electron chi connectivity index (χ2n) is 3.66. The lowest BCUT2D eigenvalue weighted by Gasteiger charge is -1.98. The number of halogens is 1. The highest BCUT2D eigenvalue weighted by molar-refractivity contribution is 7.16. The molecular formula is C14H12FNO2S. The highest BCUT2D eigenvalue weighted by atomic mass is 32.1. The van der Waals surface area contributed by atoms with Gasteiger partial charge in [0.05, 0.1) is 11.5 Å². The summed E-state index contributed by atoms with van der Waals surface area (Å²) in [6.07, 6.45) is 1.57. The molecule has 3 nitrogen and oxygen atoms in total. The highest BCUT2D eigenvalue weighted by Gasteiger charge is 2.18. The van der Waals surface area contributed by atoms with Crippen molar-refractivity contribution in [1.82, 2.24) is 4.98 Å². The van der Waals surface area contributed by atoms with E-state index in [9.17, 15) is 9.18 Å². The van der Waals surface area contributed by atoms with Crippen LogP contribution in [0.2, 0.25) is 0 Å². The third-order valence-electron chi connectivity index (χ3n) is 2.40. The Morgan fingerprint density at radius 3 is 2.74 bits per heavy atom. The van der Waals surface area contributed by atoms with Crippen LogP contribution in [0.1, 0.15) is 22.3 Å². The molecule has 2 aromatic rings. The van der Waals surface area contributed by atoms with Crippen molar-refractivity contribution in [3.05, 3.63) is 47.2 Å². The van der Waals surface area contributed by atoms with Crippen LogP contribution in [0, 0.1) is 5.82 Å². The summed E-state index contributed by atoms with van der Waals surface area (Å²) in [5, 5.41) is 0.637. The summed E-state index contributed by atoms with van der Waals surface area (Å²) in [4.78, 5) is 16.6. The molecule has 1 aromatic heterocycles. The van der Waals surface area contributed by atoms with Gasteiger partial charge in [0.1, 0.15) is 10.8 Å². The number of carbonyl (C=O) groups excluding carboxylic acids is 1. The maximum Gasteiger partial charge on any atom is 0.358 e. The van der Waals surface area contributed by atoms with Crippen LogP contribution in [0.15, 0.2) is 30.8 Å². The van der Waals surface area contributed by atoms with Gasteiger partial charge < -0.3 is 4.74 Å². The number of rotatable bonds is 4. The minimum atomic E-state index is -0.470. The van der Waals surface area contributed by atoms with Gasteiger partial charge in [-0.3, -0.25) is 0 Å². The Bertz CT molecular complexity index is 604. The maximum atomic E-state index is 12.9. The molecule has 98 valence electrons. The molecule has 0 bridgehead atoms. The van der Waals surface area contributed by atoms with Gasteiger partial charge in [-0.2, -0.15) is 0 Å². The molecule has 0 N–H and O–H groups in total. The first-order valence-electron chi connectivity index (χ1n) is 5.72. The Kier molecular flexibility index (Phi) is 4.06. The second-order valence-corrected chi connectivity index (χ2v) is 4.69. The molecule has 0 fully saturated rings. The Morgan fingerprint density at radius 2 is 2.16 bits per heavy atom. The van der Waals surface area contributed by atoms with Crippen LogP contribution in [0.5, 0.6) is 0 Å². The zero-order valence-electron chi connectivity index (χ0n) is 10.4. The molecule has 1 aromatic carbocycles. The van der Waals surface area contributed by atoms with Crippen LogP contribution in [0.3, 0.4) is 0 Å². The van der Waals surface area contributed by atoms with Crippen LogP contribution in [-0.2, 0) is 4.74 Å². The molecule has 0 aliphatic heterocycles. The van der Waals surface area contributed by atoms with Gasteiger partial charge in [-0.25, -0.2) is 14.2 Å². The highest BCUT2D eigenvalue weighted by Crippen LogP contribution is 2.29. The quantitative estimate of drug-likeness (QED) is 0.799. The monoisotopic (exact) mass is 277 g/mol. The van der Waals surface area contributed by atoms with E-state index in [4.69, 9.17) is 4.74 Å². The number of nitrogens with zero attached hydrogens (tertiary/aromatic N) is 1. The van der Waals surface area contributed by atoms with Gasteiger partial charge in [-0.15, -0.1) is 11.3 Å². The first-order chi connectivity index (χ1) is 9.15. The van der Waals surface area contributed by atoms with Crippen molar-refractivity contribution in [3.63, 3.8) is 0 Å². The topological polar surface area (TPSA) is 39.2 Å². The molecule has 1 heterocycles. The summed E-state index contributed by atoms with van der Waals surface area (Å²) < 4.78 is 17.8. The molecule has 0 amide bonds. The third kappa shape index (κ3) is 2.88. The fourth-order valence-corrected chi connectivity index (χ4v) is 2.44. The number of ether oxygens (including phenoxy) is 1. The fourth-order valence-electron chi connectivity index (χ4n) is 1.53. The van der Waals surface area contributed by atoms with Crippen molar-refractivity contribution in [2.45, 2.75) is 6.92 Å². The van der Waals surface area contributed by atoms with Crippen LogP contribution < -0.4 is 0 Å². The summed E-state index contributed by atoms with van der Waals surface area (Å²) in [5.41, 5.74) is 1.01. The Balaban J connectivity index is 2.40. The number of aromatic nitrogens is 1. The van der Waals surface area contributed by atoms with E-state index in [2.05, 4.69) is 11.6 Å². The van der Waals surface area contributed by atoms with Gasteiger partial charge in [0, 0.05) is 5.56 Å². The summed E-state index contributed by atoms with van der Waals surface area (Å²) in [5.74, 6) is -0.781. The molecule has 0 atom stereocenters. The third-order valence-corrected chi connectivity index (χ3v) is 3.50.